The van der Waals surface area contributed by atoms with E-state index in [9.17, 15) is 24.2 Å². The van der Waals surface area contributed by atoms with Gasteiger partial charge in [-0.2, -0.15) is 0 Å². The van der Waals surface area contributed by atoms with Crippen molar-refractivity contribution in [2.75, 3.05) is 11.5 Å². The molecule has 0 saturated carbocycles. The quantitative estimate of drug-likeness (QED) is 0.188. The molecule has 0 bridgehead atoms. The molecule has 6 nitrogen and oxygen atoms in total. The van der Waals surface area contributed by atoms with E-state index in [1.165, 1.54) is 41.3 Å². The van der Waals surface area contributed by atoms with Crippen LogP contribution in [-0.2, 0) is 9.59 Å². The Hall–Kier alpha value is -4.13. The van der Waals surface area contributed by atoms with Crippen molar-refractivity contribution in [2.24, 2.45) is 0 Å². The summed E-state index contributed by atoms with van der Waals surface area (Å²) in [6, 6.07) is 16.9. The number of phenolic OH excluding ortho intramolecular Hbond substituents is 1. The van der Waals surface area contributed by atoms with Gasteiger partial charge < -0.3 is 14.9 Å². The molecule has 1 fully saturated rings. The number of ketones is 1. The summed E-state index contributed by atoms with van der Waals surface area (Å²) >= 11 is 0. The Morgan fingerprint density at radius 1 is 0.943 bits per heavy atom. The third-order valence-corrected chi connectivity index (χ3v) is 5.90. The molecule has 2 N–H and O–H groups in total. The van der Waals surface area contributed by atoms with Gasteiger partial charge in [-0.25, -0.2) is 4.39 Å². The van der Waals surface area contributed by atoms with Crippen LogP contribution in [0.4, 0.5) is 10.1 Å². The maximum atomic E-state index is 13.5. The molecule has 35 heavy (non-hydrogen) atoms. The number of rotatable bonds is 8. The lowest BCUT2D eigenvalue weighted by Crippen LogP contribution is -2.29. The Morgan fingerprint density at radius 3 is 2.23 bits per heavy atom. The number of hydrogen-bond acceptors (Lipinski definition) is 5. The molecule has 180 valence electrons. The van der Waals surface area contributed by atoms with Gasteiger partial charge in [0.2, 0.25) is 0 Å². The number of benzene rings is 3. The highest BCUT2D eigenvalue weighted by Gasteiger charge is 2.46. The van der Waals surface area contributed by atoms with E-state index in [4.69, 9.17) is 4.74 Å². The molecule has 0 aromatic heterocycles. The summed E-state index contributed by atoms with van der Waals surface area (Å²) in [5, 5.41) is 20.9. The number of carbonyl (C=O) groups excluding carboxylic acids is 2. The maximum absolute atomic E-state index is 13.5. The first-order valence-electron chi connectivity index (χ1n) is 11.5. The molecule has 4 rings (SSSR count). The molecule has 0 radical (unpaired) electrons. The van der Waals surface area contributed by atoms with Crippen molar-refractivity contribution in [3.8, 4) is 11.5 Å². The molecule has 1 aliphatic heterocycles. The van der Waals surface area contributed by atoms with Gasteiger partial charge in [-0.05, 0) is 72.6 Å². The van der Waals surface area contributed by atoms with Crippen LogP contribution in [0.15, 0.2) is 78.4 Å². The number of aromatic hydroxyl groups is 1. The summed E-state index contributed by atoms with van der Waals surface area (Å²) < 4.78 is 19.2. The Labute approximate surface area is 202 Å². The van der Waals surface area contributed by atoms with Crippen molar-refractivity contribution in [1.29, 1.82) is 0 Å². The van der Waals surface area contributed by atoms with E-state index >= 15 is 0 Å². The molecular formula is C28H26FNO5. The lowest BCUT2D eigenvalue weighted by molar-refractivity contribution is -0.132. The largest absolute Gasteiger partial charge is 0.508 e. The van der Waals surface area contributed by atoms with Crippen LogP contribution in [0.5, 0.6) is 11.5 Å². The second-order valence-electron chi connectivity index (χ2n) is 8.32. The van der Waals surface area contributed by atoms with Crippen molar-refractivity contribution in [3.63, 3.8) is 0 Å². The number of unbranched alkanes of at least 4 members (excludes halogenated alkanes) is 2. The lowest BCUT2D eigenvalue weighted by atomic mass is 9.95. The summed E-state index contributed by atoms with van der Waals surface area (Å²) in [6.45, 7) is 2.70. The van der Waals surface area contributed by atoms with Crippen LogP contribution in [0, 0.1) is 5.82 Å². The second kappa shape index (κ2) is 10.4. The van der Waals surface area contributed by atoms with Crippen molar-refractivity contribution >= 4 is 23.1 Å². The molecule has 0 aliphatic carbocycles. The van der Waals surface area contributed by atoms with Crippen LogP contribution in [0.1, 0.15) is 43.4 Å². The topological polar surface area (TPSA) is 87.1 Å². The van der Waals surface area contributed by atoms with Gasteiger partial charge in [0.05, 0.1) is 18.2 Å². The number of carbonyl (C=O) groups is 2. The number of Topliss-reactive ketones (excluding diaryl/α,β-unsaturated/α-hetero) is 1. The standard InChI is InChI=1S/C28H26FNO5/c1-2-3-4-17-35-23-15-7-19(8-16-23)26(32)24-25(18-5-13-22(31)14-6-18)30(28(34)27(24)33)21-11-9-20(29)10-12-21/h5-16,25,31-32H,2-4,17H2,1H3/b26-24+. The van der Waals surface area contributed by atoms with Gasteiger partial charge in [0.1, 0.15) is 23.1 Å². The van der Waals surface area contributed by atoms with Crippen LogP contribution >= 0.6 is 0 Å². The molecule has 1 aliphatic rings. The van der Waals surface area contributed by atoms with Crippen molar-refractivity contribution in [1.82, 2.24) is 0 Å². The molecule has 3 aromatic carbocycles. The molecule has 7 heteroatoms. The minimum Gasteiger partial charge on any atom is -0.508 e. The zero-order valence-electron chi connectivity index (χ0n) is 19.3. The number of hydrogen-bond donors (Lipinski definition) is 2. The molecule has 1 atom stereocenters. The molecule has 1 heterocycles. The van der Waals surface area contributed by atoms with Crippen LogP contribution < -0.4 is 9.64 Å². The number of aliphatic hydroxyl groups is 1. The second-order valence-corrected chi connectivity index (χ2v) is 8.32. The normalized spacial score (nSPS) is 17.1. The molecule has 1 amide bonds. The van der Waals surface area contributed by atoms with Crippen LogP contribution in [-0.4, -0.2) is 28.5 Å². The fourth-order valence-corrected chi connectivity index (χ4v) is 4.08. The average molecular weight is 476 g/mol. The third kappa shape index (κ3) is 5.04. The van der Waals surface area contributed by atoms with Gasteiger partial charge >= 0.3 is 0 Å². The minimum absolute atomic E-state index is 0.0157. The fraction of sp³-hybridized carbons (Fsp3) is 0.214. The van der Waals surface area contributed by atoms with E-state index in [0.29, 0.717) is 29.2 Å². The summed E-state index contributed by atoms with van der Waals surface area (Å²) in [5.74, 6) is -1.86. The summed E-state index contributed by atoms with van der Waals surface area (Å²) in [4.78, 5) is 27.4. The highest BCUT2D eigenvalue weighted by molar-refractivity contribution is 6.51. The van der Waals surface area contributed by atoms with Gasteiger partial charge in [0, 0.05) is 11.3 Å². The predicted molar refractivity (Wildman–Crippen MR) is 131 cm³/mol. The van der Waals surface area contributed by atoms with Gasteiger partial charge in [-0.3, -0.25) is 14.5 Å². The van der Waals surface area contributed by atoms with Crippen LogP contribution in [0.25, 0.3) is 5.76 Å². The van der Waals surface area contributed by atoms with Crippen molar-refractivity contribution in [3.05, 3.63) is 95.3 Å². The minimum atomic E-state index is -0.967. The van der Waals surface area contributed by atoms with E-state index in [-0.39, 0.29) is 17.1 Å². The predicted octanol–water partition coefficient (Wildman–Crippen LogP) is 5.73. The first-order valence-corrected chi connectivity index (χ1v) is 11.5. The number of ether oxygens (including phenoxy) is 1. The highest BCUT2D eigenvalue weighted by atomic mass is 19.1. The van der Waals surface area contributed by atoms with Crippen LogP contribution in [0.3, 0.4) is 0 Å². The maximum Gasteiger partial charge on any atom is 0.300 e. The zero-order valence-corrected chi connectivity index (χ0v) is 19.3. The van der Waals surface area contributed by atoms with E-state index < -0.39 is 23.5 Å². The first kappa shape index (κ1) is 24.0. The summed E-state index contributed by atoms with van der Waals surface area (Å²) in [7, 11) is 0. The van der Waals surface area contributed by atoms with Gasteiger partial charge in [0.25, 0.3) is 11.7 Å². The first-order chi connectivity index (χ1) is 16.9. The summed E-state index contributed by atoms with van der Waals surface area (Å²) in [5.41, 5.74) is 1.07. The number of nitrogens with zero attached hydrogens (tertiary/aromatic N) is 1. The van der Waals surface area contributed by atoms with E-state index in [0.717, 1.165) is 19.3 Å². The molecule has 0 spiro atoms. The van der Waals surface area contributed by atoms with E-state index in [1.54, 1.807) is 36.4 Å². The number of aliphatic hydroxyl groups excluding tert-OH is 1. The summed E-state index contributed by atoms with van der Waals surface area (Å²) in [6.07, 6.45) is 3.11. The molecule has 3 aromatic rings. The number of amides is 1. The van der Waals surface area contributed by atoms with Crippen molar-refractivity contribution < 1.29 is 28.9 Å². The number of phenols is 1. The number of halogens is 1. The monoisotopic (exact) mass is 475 g/mol. The number of anilines is 1. The Kier molecular flexibility index (Phi) is 7.15. The Morgan fingerprint density at radius 2 is 1.60 bits per heavy atom. The smallest absolute Gasteiger partial charge is 0.300 e. The van der Waals surface area contributed by atoms with Gasteiger partial charge in [-0.1, -0.05) is 31.9 Å². The molecule has 1 saturated heterocycles. The molecular weight excluding hydrogens is 449 g/mol. The SMILES string of the molecule is CCCCCOc1ccc(/C(O)=C2\C(=O)C(=O)N(c3ccc(F)cc3)C2c2ccc(O)cc2)cc1. The van der Waals surface area contributed by atoms with Crippen molar-refractivity contribution in [2.45, 2.75) is 32.2 Å². The Bertz CT molecular complexity index is 1230. The van der Waals surface area contributed by atoms with Gasteiger partial charge in [-0.15, -0.1) is 0 Å². The fourth-order valence-electron chi connectivity index (χ4n) is 4.08. The van der Waals surface area contributed by atoms with Gasteiger partial charge in [0.15, 0.2) is 0 Å². The Balaban J connectivity index is 1.74. The highest BCUT2D eigenvalue weighted by Crippen LogP contribution is 2.42. The van der Waals surface area contributed by atoms with E-state index in [2.05, 4.69) is 6.92 Å². The third-order valence-electron chi connectivity index (χ3n) is 5.90. The zero-order chi connectivity index (χ0) is 24.9. The van der Waals surface area contributed by atoms with E-state index in [1.807, 2.05) is 0 Å². The average Bonchev–Trinajstić information content (AvgIpc) is 3.13. The van der Waals surface area contributed by atoms with Crippen LogP contribution in [0.2, 0.25) is 0 Å². The molecule has 1 unspecified atom stereocenters. The lowest BCUT2D eigenvalue weighted by Gasteiger charge is -2.25.